The summed E-state index contributed by atoms with van der Waals surface area (Å²) in [5, 5.41) is 9.87. The molecule has 0 spiro atoms. The summed E-state index contributed by atoms with van der Waals surface area (Å²) < 4.78 is 46.5. The van der Waals surface area contributed by atoms with Crippen LogP contribution in [0.15, 0.2) is 34.3 Å². The van der Waals surface area contributed by atoms with Gasteiger partial charge in [0.05, 0.1) is 36.4 Å². The number of aliphatic hydroxyl groups is 1. The second-order valence-electron chi connectivity index (χ2n) is 11.8. The molecule has 5 rings (SSSR count). The Morgan fingerprint density at radius 1 is 1.10 bits per heavy atom. The first-order chi connectivity index (χ1) is 18.6. The lowest BCUT2D eigenvalue weighted by molar-refractivity contribution is -0.256. The van der Waals surface area contributed by atoms with Crippen molar-refractivity contribution in [3.05, 3.63) is 35.4 Å². The minimum Gasteiger partial charge on any atom is -0.477 e. The second-order valence-corrected chi connectivity index (χ2v) is 11.8. The molecule has 3 fully saturated rings. The summed E-state index contributed by atoms with van der Waals surface area (Å²) in [5.74, 6) is 0.713. The van der Waals surface area contributed by atoms with Crippen LogP contribution in [0, 0.1) is 11.3 Å². The van der Waals surface area contributed by atoms with Crippen LogP contribution in [0.4, 0.5) is 13.2 Å². The van der Waals surface area contributed by atoms with Crippen molar-refractivity contribution >= 4 is 18.0 Å². The average molecular weight is 549 g/mol. The molecule has 0 bridgehead atoms. The molecule has 3 aliphatic heterocycles. The number of rotatable bonds is 6. The Bertz CT molecular complexity index is 1060. The lowest BCUT2D eigenvalue weighted by Crippen LogP contribution is -2.53. The number of ether oxygens (including phenoxy) is 1. The molecule has 1 saturated carbocycles. The number of halogens is 3. The molecule has 3 heterocycles. The Balaban J connectivity index is 1.08. The van der Waals surface area contributed by atoms with E-state index in [0.29, 0.717) is 56.6 Å². The Hall–Kier alpha value is -2.46. The van der Waals surface area contributed by atoms with E-state index >= 15 is 0 Å². The topological polar surface area (TPSA) is 77.7 Å². The van der Waals surface area contributed by atoms with Gasteiger partial charge in [-0.05, 0) is 82.2 Å². The first-order valence-corrected chi connectivity index (χ1v) is 14.2. The monoisotopic (exact) mass is 548 g/mol. The number of piperidine rings is 2. The molecule has 2 saturated heterocycles. The zero-order valence-electron chi connectivity index (χ0n) is 22.6. The predicted molar refractivity (Wildman–Crippen MR) is 143 cm³/mol. The number of aliphatic imine (C=N–C) groups is 2. The molecule has 0 radical (unpaired) electrons. The summed E-state index contributed by atoms with van der Waals surface area (Å²) >= 11 is 0. The van der Waals surface area contributed by atoms with E-state index in [-0.39, 0.29) is 37.4 Å². The number of aliphatic hydroxyl groups excluding tert-OH is 1. The number of carbonyl (C=O) groups is 1. The molecule has 7 nitrogen and oxygen atoms in total. The molecule has 1 aliphatic carbocycles. The summed E-state index contributed by atoms with van der Waals surface area (Å²) in [6.45, 7) is 4.97. The van der Waals surface area contributed by atoms with Crippen LogP contribution < -0.4 is 0 Å². The summed E-state index contributed by atoms with van der Waals surface area (Å²) in [6.07, 6.45) is 1.43. The first kappa shape index (κ1) is 28.1. The molecule has 1 N–H and O–H groups in total. The van der Waals surface area contributed by atoms with Crippen molar-refractivity contribution in [2.24, 2.45) is 21.3 Å². The van der Waals surface area contributed by atoms with Crippen LogP contribution in [0.5, 0.6) is 0 Å². The summed E-state index contributed by atoms with van der Waals surface area (Å²) in [4.78, 5) is 25.8. The number of alkyl halides is 3. The lowest BCUT2D eigenvalue weighted by Gasteiger charge is -2.47. The number of likely N-dealkylation sites (tertiary alicyclic amines) is 2. The van der Waals surface area contributed by atoms with Gasteiger partial charge in [-0.25, -0.2) is 4.99 Å². The van der Waals surface area contributed by atoms with Gasteiger partial charge in [0, 0.05) is 25.2 Å². The molecule has 1 aromatic carbocycles. The number of benzene rings is 1. The zero-order chi connectivity index (χ0) is 27.6. The van der Waals surface area contributed by atoms with E-state index in [1.807, 2.05) is 36.1 Å². The maximum atomic E-state index is 13.5. The Kier molecular flexibility index (Phi) is 8.33. The summed E-state index contributed by atoms with van der Waals surface area (Å²) in [6, 6.07) is 7.14. The number of amides is 1. The highest BCUT2D eigenvalue weighted by atomic mass is 19.4. The van der Waals surface area contributed by atoms with Crippen LogP contribution in [0.3, 0.4) is 0 Å². The quantitative estimate of drug-likeness (QED) is 0.561. The van der Waals surface area contributed by atoms with E-state index < -0.39 is 17.7 Å². The van der Waals surface area contributed by atoms with Crippen molar-refractivity contribution in [2.75, 3.05) is 39.3 Å². The number of hydrogen-bond donors (Lipinski definition) is 1. The summed E-state index contributed by atoms with van der Waals surface area (Å²) in [7, 11) is 0. The number of carbonyl (C=O) groups excluding carboxylic acids is 1. The van der Waals surface area contributed by atoms with Crippen LogP contribution in [0.25, 0.3) is 0 Å². The Morgan fingerprint density at radius 2 is 1.82 bits per heavy atom. The predicted octanol–water partition coefficient (Wildman–Crippen LogP) is 4.66. The van der Waals surface area contributed by atoms with Crippen LogP contribution in [0.1, 0.15) is 73.8 Å². The molecular formula is C29H39F3N4O3. The smallest absolute Gasteiger partial charge is 0.395 e. The molecular weight excluding hydrogens is 509 g/mol. The normalized spacial score (nSPS) is 28.1. The number of nitrogens with zero attached hydrogens (tertiary/aromatic N) is 4. The van der Waals surface area contributed by atoms with Crippen molar-refractivity contribution in [1.29, 1.82) is 0 Å². The van der Waals surface area contributed by atoms with Crippen LogP contribution in [0.2, 0.25) is 0 Å². The van der Waals surface area contributed by atoms with Gasteiger partial charge in [0.1, 0.15) is 0 Å². The van der Waals surface area contributed by atoms with E-state index in [4.69, 9.17) is 4.74 Å². The molecule has 2 unspecified atom stereocenters. The van der Waals surface area contributed by atoms with Crippen LogP contribution in [-0.4, -0.2) is 90.6 Å². The van der Waals surface area contributed by atoms with Crippen LogP contribution in [-0.2, 0) is 4.74 Å². The fourth-order valence-electron chi connectivity index (χ4n) is 6.23. The van der Waals surface area contributed by atoms with E-state index in [1.54, 1.807) is 11.1 Å². The van der Waals surface area contributed by atoms with E-state index in [1.165, 1.54) is 0 Å². The zero-order valence-corrected chi connectivity index (χ0v) is 22.6. The van der Waals surface area contributed by atoms with Crippen LogP contribution >= 0.6 is 0 Å². The fraction of sp³-hybridized carbons (Fsp3) is 0.690. The third kappa shape index (κ3) is 6.32. The Labute approximate surface area is 228 Å². The molecule has 0 aromatic heterocycles. The average Bonchev–Trinajstić information content (AvgIpc) is 2.89. The lowest BCUT2D eigenvalue weighted by atomic mass is 9.67. The fourth-order valence-corrected chi connectivity index (χ4v) is 6.23. The molecule has 1 aromatic rings. The van der Waals surface area contributed by atoms with Gasteiger partial charge in [-0.1, -0.05) is 18.6 Å². The van der Waals surface area contributed by atoms with E-state index in [2.05, 4.69) is 9.98 Å². The minimum atomic E-state index is -4.12. The van der Waals surface area contributed by atoms with Crippen molar-refractivity contribution < 1.29 is 27.8 Å². The Morgan fingerprint density at radius 3 is 2.41 bits per heavy atom. The van der Waals surface area contributed by atoms with Gasteiger partial charge >= 0.3 is 6.18 Å². The third-order valence-corrected chi connectivity index (χ3v) is 8.93. The van der Waals surface area contributed by atoms with Gasteiger partial charge in [0.25, 0.3) is 5.91 Å². The SMILES string of the molecule is CC1N=C(OCC2CCN(CC3(C(F)(F)F)CCC3)CC2)C=NC1c1ccc(C(=O)N2CCC[C@@H](O)C2)cc1. The van der Waals surface area contributed by atoms with Crippen molar-refractivity contribution in [3.8, 4) is 0 Å². The molecule has 39 heavy (non-hydrogen) atoms. The molecule has 3 atom stereocenters. The maximum Gasteiger partial charge on any atom is 0.395 e. The number of β-amino-alcohol motifs (C(OH)–C–C–N with tert-alkyl or cyclic N) is 1. The second kappa shape index (κ2) is 11.6. The molecule has 1 amide bonds. The minimum absolute atomic E-state index is 0.0667. The van der Waals surface area contributed by atoms with E-state index in [0.717, 1.165) is 31.2 Å². The maximum absolute atomic E-state index is 13.5. The highest BCUT2D eigenvalue weighted by Crippen LogP contribution is 2.53. The largest absolute Gasteiger partial charge is 0.477 e. The standard InChI is InChI=1S/C29H39F3N4O3/c1-20-26(22-5-7-23(8-6-22)27(38)36-13-2-4-24(37)17-36)33-16-25(34-20)39-18-21-9-14-35(15-10-21)19-28(11-3-12-28)29(30,31)32/h5-8,16,20-21,24,26,37H,2-4,9-15,17-19H2,1H3/t20?,24-,26?/m1/s1. The van der Waals surface area contributed by atoms with E-state index in [9.17, 15) is 23.1 Å². The van der Waals surface area contributed by atoms with Gasteiger partial charge in [-0.3, -0.25) is 9.79 Å². The molecule has 214 valence electrons. The van der Waals surface area contributed by atoms with Gasteiger partial charge in [0.15, 0.2) is 0 Å². The van der Waals surface area contributed by atoms with Gasteiger partial charge in [-0.2, -0.15) is 13.2 Å². The van der Waals surface area contributed by atoms with Gasteiger partial charge in [-0.15, -0.1) is 0 Å². The van der Waals surface area contributed by atoms with Gasteiger partial charge in [0.2, 0.25) is 5.90 Å². The highest BCUT2D eigenvalue weighted by molar-refractivity contribution is 6.26. The third-order valence-electron chi connectivity index (χ3n) is 8.93. The first-order valence-electron chi connectivity index (χ1n) is 14.2. The van der Waals surface area contributed by atoms with Gasteiger partial charge < -0.3 is 19.6 Å². The van der Waals surface area contributed by atoms with Crippen molar-refractivity contribution in [1.82, 2.24) is 9.80 Å². The molecule has 4 aliphatic rings. The number of hydrogen-bond acceptors (Lipinski definition) is 6. The summed E-state index contributed by atoms with van der Waals surface area (Å²) in [5.41, 5.74) is 0.0654. The molecule has 10 heteroatoms. The van der Waals surface area contributed by atoms with Crippen molar-refractivity contribution in [2.45, 2.75) is 76.2 Å². The van der Waals surface area contributed by atoms with Crippen molar-refractivity contribution in [3.63, 3.8) is 0 Å². The highest BCUT2D eigenvalue weighted by Gasteiger charge is 2.58.